The van der Waals surface area contributed by atoms with Crippen molar-refractivity contribution >= 4 is 183 Å². The van der Waals surface area contributed by atoms with E-state index in [1.165, 1.54) is 233 Å². The van der Waals surface area contributed by atoms with Crippen LogP contribution in [0.3, 0.4) is 0 Å². The van der Waals surface area contributed by atoms with Gasteiger partial charge < -0.3 is 14.9 Å². The molecule has 20 aromatic carbocycles. The number of thiophene rings is 2. The highest BCUT2D eigenvalue weighted by molar-refractivity contribution is 7.26. The number of fused-ring (bicyclic) bond motifs is 24. The van der Waals surface area contributed by atoms with Crippen LogP contribution in [0.2, 0.25) is 25.1 Å². The average Bonchev–Trinajstić information content (AvgIpc) is 1.58. The van der Waals surface area contributed by atoms with Crippen molar-refractivity contribution in [1.82, 2.24) is 0 Å². The largest absolute Gasteiger partial charge is 0.488 e. The van der Waals surface area contributed by atoms with Crippen LogP contribution in [0.15, 0.2) is 394 Å². The summed E-state index contributed by atoms with van der Waals surface area (Å²) in [4.78, 5) is 2.39. The molecule has 0 atom stereocenters. The predicted molar refractivity (Wildman–Crippen MR) is 640 cm³/mol. The molecule has 5 aliphatic rings. The SMILES string of the molecule is C.CC1(C)c2ccccc2-c2cc(Cc3ccc4sc5ccccc5c4c3)ccc21.CC1(C)c2ccccc2-c2cc(N(c3cc(Cl)cc(-c4ccc5cc6c(cc5c4)C(C)(C)c4ccccc4-6)c3)c3ccc4sc5ccccc5c4c3)ccc21.CC1(C)c2ccccc2-c2cc3ccc(-c4cc(Cl)cc(Cl)c4)cc3cc21.CC1(C)c2ccccc2-c2cc3ccccc3cc21.CCCCC.OB(O)c1cc(Cl)cc(Cl)c1. The van der Waals surface area contributed by atoms with E-state index in [-0.39, 0.29) is 34.5 Å². The number of anilines is 3. The minimum Gasteiger partial charge on any atom is -0.423 e. The summed E-state index contributed by atoms with van der Waals surface area (Å²) in [6, 6.07) is 142. The molecule has 2 heterocycles. The Labute approximate surface area is 897 Å². The zero-order valence-corrected chi connectivity index (χ0v) is 89.4. The summed E-state index contributed by atoms with van der Waals surface area (Å²) >= 11 is 34.4. The van der Waals surface area contributed by atoms with Gasteiger partial charge in [-0.25, -0.2) is 0 Å². The molecule has 0 aliphatic heterocycles. The van der Waals surface area contributed by atoms with Gasteiger partial charge in [-0.05, 0) is 347 Å². The monoisotopic (exact) mass is 2040 g/mol. The van der Waals surface area contributed by atoms with Crippen LogP contribution in [0.1, 0.15) is 177 Å². The van der Waals surface area contributed by atoms with Gasteiger partial charge in [-0.1, -0.05) is 404 Å². The molecular weight excluding hydrogens is 1930 g/mol. The van der Waals surface area contributed by atoms with Crippen molar-refractivity contribution in [3.8, 4) is 77.9 Å². The molecule has 5 aliphatic carbocycles. The van der Waals surface area contributed by atoms with Crippen molar-refractivity contribution in [1.29, 1.82) is 0 Å². The summed E-state index contributed by atoms with van der Waals surface area (Å²) in [6.07, 6.45) is 5.04. The fourth-order valence-corrected chi connectivity index (χ4v) is 26.9. The standard InChI is InChI=1S/C52H38ClNS.C28H22S.C25H18Cl2.C19H16.C6H5BCl2O2.C5H12.CH4/c1-51(2)45-14-8-6-12-40(45)43-29-36(19-21-47(43)51)54(37-20-22-50-44(30-37)41-13-7-10-16-49(41)55-50)38-25-34(24-35(53)28-38)31-17-18-32-26-42-39-11-5-9-15-46(39)52(3,4)48(42)27-33(32)23-31;1-28(2)24-9-5-3-7-20(24)22-16-18(11-13-25(22)28)15-19-12-14-27-23(17-19)21-8-4-6-10-26(21)29-27;1-25(2)23-6-4-3-5-21(23)22-12-16-8-7-15(9-17(16)13-24(22)25)18-10-19(26)14-20(27)11-18;1-19(2)17-10-6-5-9-15(17)16-11-13-7-3-4-8-14(13)12-18(16)19;8-5-1-4(7(10)11)2-6(9)3-5;1-3-5-4-2;/h5-30H,1-4H3;3-14,16-17H,15H2,1-2H3;3-14H,1-2H3;3-12H,1-2H3;1-3,10-11H;3-5H2,1-2H3;1H4. The topological polar surface area (TPSA) is 43.7 Å². The number of rotatable bonds is 10. The van der Waals surface area contributed by atoms with Gasteiger partial charge in [0.2, 0.25) is 0 Å². The molecule has 2 N–H and O–H groups in total. The number of unbranched alkanes of at least 4 members (excludes halogenated alkanes) is 2. The summed E-state index contributed by atoms with van der Waals surface area (Å²) in [5, 5.41) is 33.2. The van der Waals surface area contributed by atoms with E-state index in [1.54, 1.807) is 6.07 Å². The lowest BCUT2D eigenvalue weighted by Gasteiger charge is -2.28. The number of benzene rings is 20. The second kappa shape index (κ2) is 39.8. The Morgan fingerprint density at radius 2 is 0.558 bits per heavy atom. The van der Waals surface area contributed by atoms with Crippen molar-refractivity contribution in [2.75, 3.05) is 4.90 Å². The second-order valence-electron chi connectivity index (χ2n) is 42.1. The van der Waals surface area contributed by atoms with E-state index in [4.69, 9.17) is 68.1 Å². The number of halogens is 5. The van der Waals surface area contributed by atoms with Gasteiger partial charge in [0.15, 0.2) is 0 Å². The van der Waals surface area contributed by atoms with Gasteiger partial charge in [-0.2, -0.15) is 0 Å². The lowest BCUT2D eigenvalue weighted by molar-refractivity contribution is 0.425. The zero-order valence-electron chi connectivity index (χ0n) is 84.0. The van der Waals surface area contributed by atoms with Gasteiger partial charge in [0.25, 0.3) is 0 Å². The molecule has 0 saturated carbocycles. The Bertz CT molecular complexity index is 8920. The molecule has 0 unspecified atom stereocenters. The average molecular weight is 2050 g/mol. The van der Waals surface area contributed by atoms with Crippen LogP contribution in [0.5, 0.6) is 0 Å². The Balaban J connectivity index is 0.000000116. The molecule has 11 heteroatoms. The number of hydrogen-bond donors (Lipinski definition) is 2. The number of nitrogens with zero attached hydrogens (tertiary/aromatic N) is 1. The lowest BCUT2D eigenvalue weighted by Crippen LogP contribution is -2.29. The van der Waals surface area contributed by atoms with Gasteiger partial charge in [0, 0.05) is 110 Å². The molecule has 0 amide bonds. The minimum absolute atomic E-state index is 0. The maximum atomic E-state index is 8.71. The molecule has 726 valence electrons. The van der Waals surface area contributed by atoms with Crippen molar-refractivity contribution in [2.45, 2.75) is 143 Å². The normalized spacial score (nSPS) is 13.9. The van der Waals surface area contributed by atoms with E-state index in [0.29, 0.717) is 30.6 Å². The third-order valence-electron chi connectivity index (χ3n) is 31.0. The van der Waals surface area contributed by atoms with Crippen LogP contribution in [0.25, 0.3) is 151 Å². The van der Waals surface area contributed by atoms with Crippen LogP contribution in [-0.2, 0) is 33.5 Å². The van der Waals surface area contributed by atoms with Crippen LogP contribution >= 0.6 is 80.7 Å². The summed E-state index contributed by atoms with van der Waals surface area (Å²) in [6.45, 7) is 27.7. The Morgan fingerprint density at radius 3 is 1.01 bits per heavy atom. The highest BCUT2D eigenvalue weighted by atomic mass is 35.5. The lowest BCUT2D eigenvalue weighted by atomic mass is 9.80. The van der Waals surface area contributed by atoms with Gasteiger partial charge in [-0.3, -0.25) is 0 Å². The van der Waals surface area contributed by atoms with Crippen molar-refractivity contribution in [3.05, 3.63) is 486 Å². The Morgan fingerprint density at radius 1 is 0.238 bits per heavy atom. The molecule has 27 rings (SSSR count). The third-order valence-corrected chi connectivity index (χ3v) is 34.4. The molecule has 147 heavy (non-hydrogen) atoms. The van der Waals surface area contributed by atoms with Crippen LogP contribution < -0.4 is 10.4 Å². The molecule has 22 aromatic rings. The molecule has 0 spiro atoms. The third kappa shape index (κ3) is 18.5. The van der Waals surface area contributed by atoms with Gasteiger partial charge in [0.1, 0.15) is 0 Å². The highest BCUT2D eigenvalue weighted by Gasteiger charge is 2.41. The van der Waals surface area contributed by atoms with Crippen LogP contribution in [0.4, 0.5) is 17.1 Å². The van der Waals surface area contributed by atoms with Gasteiger partial charge >= 0.3 is 7.12 Å². The van der Waals surface area contributed by atoms with Crippen molar-refractivity contribution in [2.24, 2.45) is 0 Å². The van der Waals surface area contributed by atoms with E-state index < -0.39 is 7.12 Å². The quantitative estimate of drug-likeness (QED) is 0.134. The van der Waals surface area contributed by atoms with Crippen molar-refractivity contribution in [3.63, 3.8) is 0 Å². The summed E-state index contributed by atoms with van der Waals surface area (Å²) < 4.78 is 5.34. The fourth-order valence-electron chi connectivity index (χ4n) is 23.5. The molecule has 2 aromatic heterocycles. The molecular formula is C136H115BCl5NO2S2. The van der Waals surface area contributed by atoms with E-state index in [0.717, 1.165) is 45.7 Å². The first-order valence-corrected chi connectivity index (χ1v) is 54.1. The van der Waals surface area contributed by atoms with E-state index in [1.807, 2.05) is 34.8 Å². The van der Waals surface area contributed by atoms with Crippen molar-refractivity contribution < 1.29 is 10.0 Å². The first-order chi connectivity index (χ1) is 70.4. The fraction of sp³-hybridized carbons (Fsp3) is 0.162. The smallest absolute Gasteiger partial charge is 0.423 e. The first-order valence-electron chi connectivity index (χ1n) is 50.6. The summed E-state index contributed by atoms with van der Waals surface area (Å²) in [7, 11) is -1.52. The Hall–Kier alpha value is -13.1. The van der Waals surface area contributed by atoms with E-state index in [2.05, 4.69) is 446 Å². The maximum absolute atomic E-state index is 8.71. The van der Waals surface area contributed by atoms with E-state index in [9.17, 15) is 0 Å². The molecule has 0 fully saturated rings. The van der Waals surface area contributed by atoms with Gasteiger partial charge in [-0.15, -0.1) is 22.7 Å². The molecule has 3 nitrogen and oxygen atoms in total. The molecule has 0 saturated heterocycles. The van der Waals surface area contributed by atoms with Crippen LogP contribution in [-0.4, -0.2) is 17.2 Å². The van der Waals surface area contributed by atoms with E-state index >= 15 is 0 Å². The molecule has 0 bridgehead atoms. The predicted octanol–water partition coefficient (Wildman–Crippen LogP) is 40.3. The first kappa shape index (κ1) is 99.8. The summed E-state index contributed by atoms with van der Waals surface area (Å²) in [5.41, 5.74) is 38.4. The Kier molecular flexibility index (Phi) is 27.0. The van der Waals surface area contributed by atoms with Gasteiger partial charge in [0.05, 0.1) is 0 Å². The summed E-state index contributed by atoms with van der Waals surface area (Å²) in [5.74, 6) is 0. The second-order valence-corrected chi connectivity index (χ2v) is 46.5. The maximum Gasteiger partial charge on any atom is 0.488 e. The zero-order chi connectivity index (χ0) is 101. The number of hydrogen-bond acceptors (Lipinski definition) is 5. The van der Waals surface area contributed by atoms with Crippen LogP contribution in [0, 0.1) is 0 Å². The highest BCUT2D eigenvalue weighted by Crippen LogP contribution is 2.57. The molecule has 0 radical (unpaired) electrons. The minimum atomic E-state index is -1.52.